The number of hydrogen-bond donors (Lipinski definition) is 1. The van der Waals surface area contributed by atoms with Crippen molar-refractivity contribution in [3.63, 3.8) is 0 Å². The standard InChI is InChI=1S/C17H14N2O3S/c20-17(21)10-22-14-6-4-12(5-7-14)15-11-23-16(19-15)9-13-3-1-2-8-18-13/h1-8,11H,9-10H2,(H,20,21). The first-order valence-electron chi connectivity index (χ1n) is 7.00. The number of ether oxygens (including phenoxy) is 1. The van der Waals surface area contributed by atoms with Gasteiger partial charge in [-0.15, -0.1) is 11.3 Å². The summed E-state index contributed by atoms with van der Waals surface area (Å²) in [6, 6.07) is 13.1. The van der Waals surface area contributed by atoms with Gasteiger partial charge in [0.15, 0.2) is 6.61 Å². The zero-order valence-corrected chi connectivity index (χ0v) is 13.0. The van der Waals surface area contributed by atoms with Gasteiger partial charge in [0.2, 0.25) is 0 Å². The molecular weight excluding hydrogens is 312 g/mol. The Balaban J connectivity index is 1.69. The van der Waals surface area contributed by atoms with Crippen LogP contribution in [0.1, 0.15) is 10.7 Å². The van der Waals surface area contributed by atoms with Gasteiger partial charge in [-0.3, -0.25) is 4.98 Å². The lowest BCUT2D eigenvalue weighted by molar-refractivity contribution is -0.139. The zero-order valence-electron chi connectivity index (χ0n) is 12.2. The average Bonchev–Trinajstić information content (AvgIpc) is 3.03. The summed E-state index contributed by atoms with van der Waals surface area (Å²) in [5.41, 5.74) is 2.85. The van der Waals surface area contributed by atoms with E-state index in [9.17, 15) is 4.79 Å². The first kappa shape index (κ1) is 15.2. The fourth-order valence-corrected chi connectivity index (χ4v) is 2.87. The molecule has 0 radical (unpaired) electrons. The number of aliphatic carboxylic acids is 1. The molecule has 0 unspecified atom stereocenters. The summed E-state index contributed by atoms with van der Waals surface area (Å²) in [5, 5.41) is 11.6. The summed E-state index contributed by atoms with van der Waals surface area (Å²) < 4.78 is 5.12. The van der Waals surface area contributed by atoms with Gasteiger partial charge in [0, 0.05) is 29.3 Å². The number of carboxylic acids is 1. The molecule has 0 aliphatic carbocycles. The van der Waals surface area contributed by atoms with Gasteiger partial charge in [-0.2, -0.15) is 0 Å². The second kappa shape index (κ2) is 7.02. The number of carboxylic acid groups (broad SMARTS) is 1. The molecule has 3 aromatic rings. The van der Waals surface area contributed by atoms with Gasteiger partial charge in [-0.05, 0) is 36.4 Å². The molecule has 0 amide bonds. The highest BCUT2D eigenvalue weighted by Gasteiger charge is 2.07. The molecule has 0 aliphatic rings. The Morgan fingerprint density at radius 2 is 2.00 bits per heavy atom. The summed E-state index contributed by atoms with van der Waals surface area (Å²) in [4.78, 5) is 19.4. The largest absolute Gasteiger partial charge is 0.482 e. The van der Waals surface area contributed by atoms with E-state index < -0.39 is 5.97 Å². The van der Waals surface area contributed by atoms with Crippen LogP contribution in [0.15, 0.2) is 54.0 Å². The molecule has 23 heavy (non-hydrogen) atoms. The van der Waals surface area contributed by atoms with Crippen LogP contribution in [0.3, 0.4) is 0 Å². The van der Waals surface area contributed by atoms with Crippen LogP contribution >= 0.6 is 11.3 Å². The molecule has 0 saturated heterocycles. The fourth-order valence-electron chi connectivity index (χ4n) is 2.05. The van der Waals surface area contributed by atoms with Gasteiger partial charge in [0.05, 0.1) is 10.7 Å². The van der Waals surface area contributed by atoms with Crippen LogP contribution in [-0.2, 0) is 11.2 Å². The normalized spacial score (nSPS) is 10.4. The third-order valence-corrected chi connectivity index (χ3v) is 3.97. The van der Waals surface area contributed by atoms with Gasteiger partial charge in [0.1, 0.15) is 5.75 Å². The quantitative estimate of drug-likeness (QED) is 0.753. The van der Waals surface area contributed by atoms with Crippen molar-refractivity contribution in [1.82, 2.24) is 9.97 Å². The second-order valence-electron chi connectivity index (χ2n) is 4.83. The lowest BCUT2D eigenvalue weighted by Crippen LogP contribution is -2.09. The van der Waals surface area contributed by atoms with Crippen LogP contribution in [0.5, 0.6) is 5.75 Å². The van der Waals surface area contributed by atoms with Crippen LogP contribution in [0.25, 0.3) is 11.3 Å². The van der Waals surface area contributed by atoms with Gasteiger partial charge >= 0.3 is 5.97 Å². The summed E-state index contributed by atoms with van der Waals surface area (Å²) in [6.45, 7) is -0.343. The maximum atomic E-state index is 10.5. The maximum absolute atomic E-state index is 10.5. The number of thiazole rings is 1. The topological polar surface area (TPSA) is 72.3 Å². The van der Waals surface area contributed by atoms with Gasteiger partial charge in [0.25, 0.3) is 0 Å². The summed E-state index contributed by atoms with van der Waals surface area (Å²) >= 11 is 1.60. The Labute approximate surface area is 137 Å². The van der Waals surface area contributed by atoms with Crippen molar-refractivity contribution in [1.29, 1.82) is 0 Å². The van der Waals surface area contributed by atoms with E-state index in [-0.39, 0.29) is 6.61 Å². The van der Waals surface area contributed by atoms with Crippen molar-refractivity contribution in [2.75, 3.05) is 6.61 Å². The molecule has 1 N–H and O–H groups in total. The number of aromatic nitrogens is 2. The molecule has 0 bridgehead atoms. The minimum Gasteiger partial charge on any atom is -0.482 e. The maximum Gasteiger partial charge on any atom is 0.341 e. The van der Waals surface area contributed by atoms with E-state index >= 15 is 0 Å². The van der Waals surface area contributed by atoms with Crippen molar-refractivity contribution < 1.29 is 14.6 Å². The molecule has 0 fully saturated rings. The van der Waals surface area contributed by atoms with Crippen molar-refractivity contribution in [2.24, 2.45) is 0 Å². The number of hydrogen-bond acceptors (Lipinski definition) is 5. The monoisotopic (exact) mass is 326 g/mol. The summed E-state index contributed by atoms with van der Waals surface area (Å²) in [5.74, 6) is -0.465. The molecule has 116 valence electrons. The predicted octanol–water partition coefficient (Wildman–Crippen LogP) is 3.26. The van der Waals surface area contributed by atoms with E-state index in [1.165, 1.54) is 0 Å². The minimum atomic E-state index is -0.993. The van der Waals surface area contributed by atoms with Crippen molar-refractivity contribution >= 4 is 17.3 Å². The van der Waals surface area contributed by atoms with E-state index in [1.807, 2.05) is 35.7 Å². The van der Waals surface area contributed by atoms with Crippen LogP contribution < -0.4 is 4.74 Å². The van der Waals surface area contributed by atoms with Gasteiger partial charge < -0.3 is 9.84 Å². The number of rotatable bonds is 6. The molecule has 0 aliphatic heterocycles. The Bertz CT molecular complexity index is 785. The molecule has 5 nitrogen and oxygen atoms in total. The van der Waals surface area contributed by atoms with Crippen molar-refractivity contribution in [2.45, 2.75) is 6.42 Å². The molecule has 2 heterocycles. The number of pyridine rings is 1. The van der Waals surface area contributed by atoms with Crippen molar-refractivity contribution in [3.05, 3.63) is 64.7 Å². The third kappa shape index (κ3) is 4.14. The predicted molar refractivity (Wildman–Crippen MR) is 87.7 cm³/mol. The SMILES string of the molecule is O=C(O)COc1ccc(-c2csc(Cc3ccccn3)n2)cc1. The molecule has 0 atom stereocenters. The highest BCUT2D eigenvalue weighted by molar-refractivity contribution is 7.10. The number of nitrogens with zero attached hydrogens (tertiary/aromatic N) is 2. The van der Waals surface area contributed by atoms with Crippen LogP contribution in [0.2, 0.25) is 0 Å². The molecule has 0 spiro atoms. The Hall–Kier alpha value is -2.73. The minimum absolute atomic E-state index is 0.343. The lowest BCUT2D eigenvalue weighted by Gasteiger charge is -2.03. The summed E-state index contributed by atoms with van der Waals surface area (Å²) in [7, 11) is 0. The fraction of sp³-hybridized carbons (Fsp3) is 0.118. The number of benzene rings is 1. The van der Waals surface area contributed by atoms with Gasteiger partial charge in [-0.25, -0.2) is 9.78 Å². The van der Waals surface area contributed by atoms with Crippen molar-refractivity contribution in [3.8, 4) is 17.0 Å². The molecular formula is C17H14N2O3S. The van der Waals surface area contributed by atoms with E-state index in [2.05, 4.69) is 9.97 Å². The van der Waals surface area contributed by atoms with Crippen LogP contribution in [-0.4, -0.2) is 27.7 Å². The van der Waals surface area contributed by atoms with E-state index in [0.717, 1.165) is 22.0 Å². The van der Waals surface area contributed by atoms with Crippen LogP contribution in [0, 0.1) is 0 Å². The molecule has 3 rings (SSSR count). The van der Waals surface area contributed by atoms with Gasteiger partial charge in [-0.1, -0.05) is 6.07 Å². The Morgan fingerprint density at radius 3 is 2.70 bits per heavy atom. The first-order chi connectivity index (χ1) is 11.2. The molecule has 1 aromatic carbocycles. The first-order valence-corrected chi connectivity index (χ1v) is 7.88. The smallest absolute Gasteiger partial charge is 0.341 e. The molecule has 0 saturated carbocycles. The molecule has 6 heteroatoms. The number of carbonyl (C=O) groups is 1. The van der Waals surface area contributed by atoms with E-state index in [0.29, 0.717) is 12.2 Å². The van der Waals surface area contributed by atoms with E-state index in [1.54, 1.807) is 29.7 Å². The zero-order chi connectivity index (χ0) is 16.1. The average molecular weight is 326 g/mol. The van der Waals surface area contributed by atoms with Crippen LogP contribution in [0.4, 0.5) is 0 Å². The molecule has 2 aromatic heterocycles. The summed E-state index contributed by atoms with van der Waals surface area (Å²) in [6.07, 6.45) is 2.49. The Kier molecular flexibility index (Phi) is 4.63. The second-order valence-corrected chi connectivity index (χ2v) is 5.77. The Morgan fingerprint density at radius 1 is 1.17 bits per heavy atom. The highest BCUT2D eigenvalue weighted by atomic mass is 32.1. The van der Waals surface area contributed by atoms with E-state index in [4.69, 9.17) is 9.84 Å². The third-order valence-electron chi connectivity index (χ3n) is 3.12. The highest BCUT2D eigenvalue weighted by Crippen LogP contribution is 2.25. The lowest BCUT2D eigenvalue weighted by atomic mass is 10.2.